The fourth-order valence-electron chi connectivity index (χ4n) is 8.53. The van der Waals surface area contributed by atoms with Gasteiger partial charge in [0.05, 0.1) is 0 Å². The summed E-state index contributed by atoms with van der Waals surface area (Å²) in [4.78, 5) is 2.98. The van der Waals surface area contributed by atoms with Crippen LogP contribution in [0.15, 0.2) is 12.7 Å². The van der Waals surface area contributed by atoms with Crippen LogP contribution >= 0.6 is 0 Å². The van der Waals surface area contributed by atoms with E-state index in [0.717, 1.165) is 42.2 Å². The summed E-state index contributed by atoms with van der Waals surface area (Å²) in [5.74, 6) is 5.79. The van der Waals surface area contributed by atoms with Crippen LogP contribution < -0.4 is 0 Å². The Morgan fingerprint density at radius 1 is 0.903 bits per heavy atom. The summed E-state index contributed by atoms with van der Waals surface area (Å²) in [6.07, 6.45) is 22.7. The summed E-state index contributed by atoms with van der Waals surface area (Å²) in [5.41, 5.74) is 0. The third-order valence-corrected chi connectivity index (χ3v) is 9.58. The highest BCUT2D eigenvalue weighted by Crippen LogP contribution is 2.58. The maximum absolute atomic E-state index is 4.14. The summed E-state index contributed by atoms with van der Waals surface area (Å²) in [6.45, 7) is 17.2. The van der Waals surface area contributed by atoms with Gasteiger partial charge in [0.1, 0.15) is 0 Å². The first-order valence-corrected chi connectivity index (χ1v) is 14.4. The third kappa shape index (κ3) is 6.21. The van der Waals surface area contributed by atoms with Crippen LogP contribution in [0.5, 0.6) is 0 Å². The Bertz CT molecular complexity index is 521. The zero-order valence-electron chi connectivity index (χ0n) is 21.8. The van der Waals surface area contributed by atoms with E-state index in [4.69, 9.17) is 0 Å². The van der Waals surface area contributed by atoms with Crippen LogP contribution in [-0.4, -0.2) is 23.7 Å². The molecule has 0 aromatic carbocycles. The molecule has 0 aliphatic heterocycles. The summed E-state index contributed by atoms with van der Waals surface area (Å²) in [7, 11) is 0. The van der Waals surface area contributed by atoms with Gasteiger partial charge < -0.3 is 4.81 Å². The Balaban J connectivity index is 1.78. The Morgan fingerprint density at radius 3 is 2.26 bits per heavy atom. The Kier molecular flexibility index (Phi) is 10.1. The zero-order valence-corrected chi connectivity index (χ0v) is 21.8. The quantitative estimate of drug-likeness (QED) is 0.171. The summed E-state index contributed by atoms with van der Waals surface area (Å²) >= 11 is 0. The molecule has 3 saturated carbocycles. The van der Waals surface area contributed by atoms with Crippen LogP contribution in [0.2, 0.25) is 11.6 Å². The van der Waals surface area contributed by atoms with E-state index in [-0.39, 0.29) is 0 Å². The topological polar surface area (TPSA) is 3.24 Å². The largest absolute Gasteiger partial charge is 0.337 e. The fraction of sp³-hybridized carbons (Fsp3) is 0.931. The van der Waals surface area contributed by atoms with Crippen LogP contribution in [0, 0.1) is 23.7 Å². The normalized spacial score (nSPS) is 33.4. The first kappa shape index (κ1) is 25.4. The molecule has 0 aromatic rings. The van der Waals surface area contributed by atoms with Gasteiger partial charge in [-0.3, -0.25) is 0 Å². The highest BCUT2D eigenvalue weighted by atomic mass is 15.1. The van der Waals surface area contributed by atoms with E-state index in [9.17, 15) is 0 Å². The number of unbranched alkanes of at least 4 members (excludes halogenated alkanes) is 3. The monoisotopic (exact) mass is 427 g/mol. The van der Waals surface area contributed by atoms with Crippen molar-refractivity contribution >= 4 is 6.85 Å². The van der Waals surface area contributed by atoms with Crippen molar-refractivity contribution in [2.24, 2.45) is 23.7 Å². The van der Waals surface area contributed by atoms with Gasteiger partial charge in [-0.05, 0) is 60.2 Å². The molecular formula is C29H54BN. The summed E-state index contributed by atoms with van der Waals surface area (Å²) in [5, 5.41) is 0. The molecule has 3 aliphatic carbocycles. The van der Waals surface area contributed by atoms with Gasteiger partial charge in [0.15, 0.2) is 0 Å². The molecule has 0 bridgehead atoms. The highest BCUT2D eigenvalue weighted by molar-refractivity contribution is 6.59. The van der Waals surface area contributed by atoms with Gasteiger partial charge in [0.25, 0.3) is 0 Å². The molecule has 3 rings (SSSR count). The van der Waals surface area contributed by atoms with Crippen LogP contribution in [0.4, 0.5) is 0 Å². The van der Waals surface area contributed by atoms with Crippen molar-refractivity contribution in [1.82, 2.24) is 4.81 Å². The number of allylic oxidation sites excluding steroid dienone is 1. The van der Waals surface area contributed by atoms with E-state index in [1.54, 1.807) is 0 Å². The zero-order chi connectivity index (χ0) is 22.4. The van der Waals surface area contributed by atoms with E-state index < -0.39 is 0 Å². The lowest BCUT2D eigenvalue weighted by Crippen LogP contribution is -2.53. The minimum atomic E-state index is 0.661. The molecule has 0 N–H and O–H groups in total. The lowest BCUT2D eigenvalue weighted by molar-refractivity contribution is 0.222. The van der Waals surface area contributed by atoms with Crippen molar-refractivity contribution in [2.45, 2.75) is 148 Å². The Hall–Kier alpha value is -0.235. The van der Waals surface area contributed by atoms with Crippen LogP contribution in [0.3, 0.4) is 0 Å². The van der Waals surface area contributed by atoms with Gasteiger partial charge in [-0.2, -0.15) is 0 Å². The van der Waals surface area contributed by atoms with Gasteiger partial charge in [0.2, 0.25) is 6.85 Å². The second-order valence-electron chi connectivity index (χ2n) is 12.2. The molecule has 0 radical (unpaired) electrons. The third-order valence-electron chi connectivity index (χ3n) is 9.58. The van der Waals surface area contributed by atoms with E-state index in [2.05, 4.69) is 52.1 Å². The first-order chi connectivity index (χ1) is 15.0. The lowest BCUT2D eigenvalue weighted by atomic mass is 9.37. The van der Waals surface area contributed by atoms with Gasteiger partial charge in [-0.1, -0.05) is 118 Å². The minimum absolute atomic E-state index is 0.661. The highest BCUT2D eigenvalue weighted by Gasteiger charge is 2.52. The van der Waals surface area contributed by atoms with E-state index >= 15 is 0 Å². The molecule has 3 fully saturated rings. The maximum atomic E-state index is 4.14. The fourth-order valence-corrected chi connectivity index (χ4v) is 8.53. The molecule has 0 saturated heterocycles. The second kappa shape index (κ2) is 12.3. The summed E-state index contributed by atoms with van der Waals surface area (Å²) < 4.78 is 0. The number of fused-ring (bicyclic) bond motifs is 1. The SMILES string of the molecule is C=CCC1CC(B(C2CCC(CCCCCC)C2)N(C(C)C)C(C)C)C2CCCCC12. The second-order valence-corrected chi connectivity index (χ2v) is 12.2. The van der Waals surface area contributed by atoms with Crippen molar-refractivity contribution in [3.63, 3.8) is 0 Å². The van der Waals surface area contributed by atoms with Crippen molar-refractivity contribution < 1.29 is 0 Å². The van der Waals surface area contributed by atoms with Crippen LogP contribution in [0.25, 0.3) is 0 Å². The van der Waals surface area contributed by atoms with Crippen molar-refractivity contribution in [3.8, 4) is 0 Å². The molecule has 6 unspecified atom stereocenters. The maximum Gasteiger partial charge on any atom is 0.230 e. The van der Waals surface area contributed by atoms with E-state index in [1.165, 1.54) is 89.9 Å². The van der Waals surface area contributed by atoms with Gasteiger partial charge in [0, 0.05) is 0 Å². The predicted molar refractivity (Wildman–Crippen MR) is 140 cm³/mol. The van der Waals surface area contributed by atoms with Gasteiger partial charge in [-0.25, -0.2) is 0 Å². The molecule has 0 aromatic heterocycles. The number of hydrogen-bond donors (Lipinski definition) is 0. The molecule has 3 aliphatic rings. The molecule has 2 heteroatoms. The van der Waals surface area contributed by atoms with E-state index in [0.29, 0.717) is 12.1 Å². The molecule has 31 heavy (non-hydrogen) atoms. The average Bonchev–Trinajstić information content (AvgIpc) is 3.34. The number of rotatable bonds is 12. The molecule has 0 heterocycles. The smallest absolute Gasteiger partial charge is 0.230 e. The van der Waals surface area contributed by atoms with Crippen molar-refractivity contribution in [1.29, 1.82) is 0 Å². The van der Waals surface area contributed by atoms with Crippen molar-refractivity contribution in [3.05, 3.63) is 12.7 Å². The first-order valence-electron chi connectivity index (χ1n) is 14.4. The molecule has 178 valence electrons. The molecule has 0 amide bonds. The number of hydrogen-bond acceptors (Lipinski definition) is 1. The van der Waals surface area contributed by atoms with Crippen molar-refractivity contribution in [2.75, 3.05) is 0 Å². The number of nitrogens with zero attached hydrogens (tertiary/aromatic N) is 1. The Morgan fingerprint density at radius 2 is 1.61 bits per heavy atom. The Labute approximate surface area is 196 Å². The molecule has 6 atom stereocenters. The lowest BCUT2D eigenvalue weighted by Gasteiger charge is -2.45. The molecular weight excluding hydrogens is 373 g/mol. The molecule has 1 nitrogen and oxygen atoms in total. The minimum Gasteiger partial charge on any atom is -0.337 e. The predicted octanol–water partition coefficient (Wildman–Crippen LogP) is 9.01. The van der Waals surface area contributed by atoms with Gasteiger partial charge in [-0.15, -0.1) is 6.58 Å². The summed E-state index contributed by atoms with van der Waals surface area (Å²) in [6, 6.07) is 1.32. The van der Waals surface area contributed by atoms with Crippen LogP contribution in [0.1, 0.15) is 125 Å². The molecule has 0 spiro atoms. The van der Waals surface area contributed by atoms with E-state index in [1.807, 2.05) is 0 Å². The van der Waals surface area contributed by atoms with Gasteiger partial charge >= 0.3 is 0 Å². The van der Waals surface area contributed by atoms with Crippen LogP contribution in [-0.2, 0) is 0 Å². The standard InChI is InChI=1S/C29H54BN/c1-7-9-10-11-15-24-18-19-26(20-24)30(31(22(3)4)23(5)6)29-21-25(14-8-2)27-16-12-13-17-28(27)29/h8,22-29H,2,7,9-21H2,1,3-6H3. The average molecular weight is 428 g/mol.